The molecule has 2 aliphatic rings. The van der Waals surface area contributed by atoms with Gasteiger partial charge in [0, 0.05) is 45.3 Å². The summed E-state index contributed by atoms with van der Waals surface area (Å²) in [5, 5.41) is 6.94. The zero-order valence-electron chi connectivity index (χ0n) is 19.2. The van der Waals surface area contributed by atoms with Gasteiger partial charge in [-0.15, -0.1) is 0 Å². The highest BCUT2D eigenvalue weighted by molar-refractivity contribution is 5.79. The molecule has 0 spiro atoms. The minimum atomic E-state index is 0.358. The molecule has 0 aromatic heterocycles. The Kier molecular flexibility index (Phi) is 8.40. The number of nitrogens with zero attached hydrogens (tertiary/aromatic N) is 2. The van der Waals surface area contributed by atoms with Gasteiger partial charge in [0.25, 0.3) is 0 Å². The maximum absolute atomic E-state index is 6.28. The average Bonchev–Trinajstić information content (AvgIpc) is 3.35. The van der Waals surface area contributed by atoms with E-state index in [9.17, 15) is 0 Å². The van der Waals surface area contributed by atoms with E-state index in [1.54, 1.807) is 0 Å². The lowest BCUT2D eigenvalue weighted by Gasteiger charge is -2.27. The number of para-hydroxylation sites is 1. The van der Waals surface area contributed by atoms with Crippen LogP contribution in [0.25, 0.3) is 0 Å². The normalized spacial score (nSPS) is 18.0. The van der Waals surface area contributed by atoms with Gasteiger partial charge in [0.15, 0.2) is 5.96 Å². The number of guanidine groups is 1. The Bertz CT molecular complexity index is 874. The largest absolute Gasteiger partial charge is 0.490 e. The molecule has 4 rings (SSSR count). The van der Waals surface area contributed by atoms with Gasteiger partial charge < -0.3 is 20.1 Å². The van der Waals surface area contributed by atoms with E-state index in [-0.39, 0.29) is 0 Å². The Morgan fingerprint density at radius 2 is 1.56 bits per heavy atom. The van der Waals surface area contributed by atoms with Crippen LogP contribution in [-0.2, 0) is 24.4 Å². The van der Waals surface area contributed by atoms with Crippen LogP contribution in [0, 0.1) is 0 Å². The molecule has 32 heavy (non-hydrogen) atoms. The van der Waals surface area contributed by atoms with Gasteiger partial charge in [-0.3, -0.25) is 9.89 Å². The SMILES string of the molecule is CN=C(NCc1ccccc1CN1CCOCC1)NCc1ccccc1OC1CCCC1. The monoisotopic (exact) mass is 436 g/mol. The van der Waals surface area contributed by atoms with Gasteiger partial charge in [-0.2, -0.15) is 0 Å². The van der Waals surface area contributed by atoms with Crippen molar-refractivity contribution in [1.29, 1.82) is 0 Å². The van der Waals surface area contributed by atoms with E-state index < -0.39 is 0 Å². The van der Waals surface area contributed by atoms with Gasteiger partial charge in [0.2, 0.25) is 0 Å². The Balaban J connectivity index is 1.31. The van der Waals surface area contributed by atoms with Crippen LogP contribution in [0.4, 0.5) is 0 Å². The van der Waals surface area contributed by atoms with E-state index in [1.165, 1.54) is 24.0 Å². The maximum atomic E-state index is 6.28. The fraction of sp³-hybridized carbons (Fsp3) is 0.500. The van der Waals surface area contributed by atoms with Crippen LogP contribution in [0.5, 0.6) is 5.75 Å². The highest BCUT2D eigenvalue weighted by atomic mass is 16.5. The molecule has 1 saturated heterocycles. The van der Waals surface area contributed by atoms with Crippen LogP contribution in [0.3, 0.4) is 0 Å². The van der Waals surface area contributed by atoms with Crippen molar-refractivity contribution in [3.63, 3.8) is 0 Å². The zero-order valence-corrected chi connectivity index (χ0v) is 19.2. The topological polar surface area (TPSA) is 58.1 Å². The number of ether oxygens (including phenoxy) is 2. The number of hydrogen-bond acceptors (Lipinski definition) is 4. The molecule has 1 saturated carbocycles. The quantitative estimate of drug-likeness (QED) is 0.488. The van der Waals surface area contributed by atoms with E-state index in [0.29, 0.717) is 12.6 Å². The van der Waals surface area contributed by atoms with E-state index in [4.69, 9.17) is 9.47 Å². The van der Waals surface area contributed by atoms with Crippen molar-refractivity contribution in [2.24, 2.45) is 4.99 Å². The smallest absolute Gasteiger partial charge is 0.191 e. The summed E-state index contributed by atoms with van der Waals surface area (Å²) in [6.07, 6.45) is 5.23. The number of aliphatic imine (C=N–C) groups is 1. The second-order valence-corrected chi connectivity index (χ2v) is 8.57. The third-order valence-electron chi connectivity index (χ3n) is 6.30. The number of hydrogen-bond donors (Lipinski definition) is 2. The maximum Gasteiger partial charge on any atom is 0.191 e. The van der Waals surface area contributed by atoms with Gasteiger partial charge in [0.05, 0.1) is 19.3 Å². The lowest BCUT2D eigenvalue weighted by atomic mass is 10.1. The van der Waals surface area contributed by atoms with E-state index in [1.807, 2.05) is 13.1 Å². The van der Waals surface area contributed by atoms with Crippen molar-refractivity contribution < 1.29 is 9.47 Å². The highest BCUT2D eigenvalue weighted by Crippen LogP contribution is 2.26. The van der Waals surface area contributed by atoms with Crippen LogP contribution < -0.4 is 15.4 Å². The number of nitrogens with one attached hydrogen (secondary N) is 2. The molecule has 1 heterocycles. The second-order valence-electron chi connectivity index (χ2n) is 8.57. The predicted molar refractivity (Wildman–Crippen MR) is 129 cm³/mol. The molecule has 0 amide bonds. The molecule has 6 heteroatoms. The fourth-order valence-corrected chi connectivity index (χ4v) is 4.41. The third kappa shape index (κ3) is 6.47. The summed E-state index contributed by atoms with van der Waals surface area (Å²) in [5.74, 6) is 1.78. The molecule has 2 aromatic carbocycles. The molecule has 1 aliphatic carbocycles. The molecule has 0 bridgehead atoms. The summed E-state index contributed by atoms with van der Waals surface area (Å²) >= 11 is 0. The summed E-state index contributed by atoms with van der Waals surface area (Å²) < 4.78 is 11.8. The molecule has 2 fully saturated rings. The molecule has 172 valence electrons. The molecule has 2 aromatic rings. The van der Waals surface area contributed by atoms with E-state index in [2.05, 4.69) is 63.0 Å². The van der Waals surface area contributed by atoms with Crippen LogP contribution in [-0.4, -0.2) is 50.3 Å². The molecule has 6 nitrogen and oxygen atoms in total. The predicted octanol–water partition coefficient (Wildman–Crippen LogP) is 3.71. The number of rotatable bonds is 8. The molecular formula is C26H36N4O2. The van der Waals surface area contributed by atoms with Crippen molar-refractivity contribution in [3.05, 3.63) is 65.2 Å². The lowest BCUT2D eigenvalue weighted by Crippen LogP contribution is -2.37. The molecule has 0 atom stereocenters. The zero-order chi connectivity index (χ0) is 22.0. The molecule has 0 unspecified atom stereocenters. The summed E-state index contributed by atoms with van der Waals surface area (Å²) in [6.45, 7) is 6.00. The third-order valence-corrected chi connectivity index (χ3v) is 6.30. The Morgan fingerprint density at radius 1 is 0.938 bits per heavy atom. The standard InChI is InChI=1S/C26H36N4O2/c1-27-26(29-19-22-9-4-7-13-25(22)32-24-11-5-6-12-24)28-18-21-8-2-3-10-23(21)20-30-14-16-31-17-15-30/h2-4,7-10,13,24H,5-6,11-12,14-20H2,1H3,(H2,27,28,29). The van der Waals surface area contributed by atoms with Crippen LogP contribution in [0.15, 0.2) is 53.5 Å². The van der Waals surface area contributed by atoms with Crippen molar-refractivity contribution in [1.82, 2.24) is 15.5 Å². The minimum absolute atomic E-state index is 0.358. The first-order valence-corrected chi connectivity index (χ1v) is 11.9. The first-order chi connectivity index (χ1) is 15.8. The van der Waals surface area contributed by atoms with Gasteiger partial charge in [-0.1, -0.05) is 42.5 Å². The number of morpholine rings is 1. The first-order valence-electron chi connectivity index (χ1n) is 11.9. The van der Waals surface area contributed by atoms with Crippen LogP contribution >= 0.6 is 0 Å². The van der Waals surface area contributed by atoms with Gasteiger partial charge in [-0.05, 0) is 42.9 Å². The summed E-state index contributed by atoms with van der Waals surface area (Å²) in [7, 11) is 1.82. The van der Waals surface area contributed by atoms with Gasteiger partial charge in [0.1, 0.15) is 5.75 Å². The van der Waals surface area contributed by atoms with Crippen molar-refractivity contribution in [3.8, 4) is 5.75 Å². The second kappa shape index (κ2) is 11.9. The minimum Gasteiger partial charge on any atom is -0.490 e. The fourth-order valence-electron chi connectivity index (χ4n) is 4.41. The average molecular weight is 437 g/mol. The van der Waals surface area contributed by atoms with Crippen LogP contribution in [0.2, 0.25) is 0 Å². The Labute approximate surface area is 192 Å². The highest BCUT2D eigenvalue weighted by Gasteiger charge is 2.18. The van der Waals surface area contributed by atoms with E-state index in [0.717, 1.165) is 69.5 Å². The van der Waals surface area contributed by atoms with Crippen molar-refractivity contribution >= 4 is 5.96 Å². The van der Waals surface area contributed by atoms with Crippen molar-refractivity contribution in [2.45, 2.75) is 51.4 Å². The summed E-state index contributed by atoms with van der Waals surface area (Å²) in [4.78, 5) is 6.88. The lowest BCUT2D eigenvalue weighted by molar-refractivity contribution is 0.0341. The molecule has 2 N–H and O–H groups in total. The molecular weight excluding hydrogens is 400 g/mol. The number of benzene rings is 2. The van der Waals surface area contributed by atoms with Gasteiger partial charge in [-0.25, -0.2) is 0 Å². The summed E-state index contributed by atoms with van der Waals surface area (Å²) in [6, 6.07) is 17.0. The van der Waals surface area contributed by atoms with Crippen LogP contribution in [0.1, 0.15) is 42.4 Å². The molecule has 1 aliphatic heterocycles. The van der Waals surface area contributed by atoms with E-state index >= 15 is 0 Å². The summed E-state index contributed by atoms with van der Waals surface area (Å²) in [5.41, 5.74) is 3.81. The Morgan fingerprint density at radius 3 is 2.28 bits per heavy atom. The molecule has 0 radical (unpaired) electrons. The van der Waals surface area contributed by atoms with Crippen molar-refractivity contribution in [2.75, 3.05) is 33.4 Å². The van der Waals surface area contributed by atoms with Gasteiger partial charge >= 0.3 is 0 Å². The Hall–Kier alpha value is -2.57. The first kappa shape index (κ1) is 22.6.